The number of nitro benzene ring substituents is 1. The van der Waals surface area contributed by atoms with Crippen LogP contribution in [0.1, 0.15) is 0 Å². The SMILES string of the molecule is COc1ccc(OC)c(NC(=S)Nc2ccc(Cl)c([N+](=O)[O-])c2)c1. The minimum Gasteiger partial charge on any atom is -0.497 e. The Bertz CT molecular complexity index is 785. The molecule has 0 saturated heterocycles. The third-order valence-electron chi connectivity index (χ3n) is 3.06. The molecular formula is C15H14ClN3O4S. The molecule has 0 amide bonds. The van der Waals surface area contributed by atoms with Crippen LogP contribution in [0.25, 0.3) is 0 Å². The first kappa shape index (κ1) is 17.8. The number of rotatable bonds is 5. The topological polar surface area (TPSA) is 85.7 Å². The molecule has 0 radical (unpaired) electrons. The predicted molar refractivity (Wildman–Crippen MR) is 97.5 cm³/mol. The second-order valence-electron chi connectivity index (χ2n) is 4.57. The number of anilines is 2. The summed E-state index contributed by atoms with van der Waals surface area (Å²) in [5, 5.41) is 17.0. The summed E-state index contributed by atoms with van der Waals surface area (Å²) in [5.74, 6) is 1.20. The van der Waals surface area contributed by atoms with Gasteiger partial charge < -0.3 is 20.1 Å². The van der Waals surface area contributed by atoms with Gasteiger partial charge in [-0.15, -0.1) is 0 Å². The van der Waals surface area contributed by atoms with Gasteiger partial charge in [0.05, 0.1) is 24.8 Å². The molecule has 0 fully saturated rings. The summed E-state index contributed by atoms with van der Waals surface area (Å²) in [6.07, 6.45) is 0. The Labute approximate surface area is 148 Å². The smallest absolute Gasteiger partial charge is 0.289 e. The van der Waals surface area contributed by atoms with Crippen LogP contribution >= 0.6 is 23.8 Å². The fourth-order valence-corrected chi connectivity index (χ4v) is 2.34. The predicted octanol–water partition coefficient (Wildman–Crippen LogP) is 4.07. The average molecular weight is 368 g/mol. The lowest BCUT2D eigenvalue weighted by molar-refractivity contribution is -0.384. The highest BCUT2D eigenvalue weighted by Crippen LogP contribution is 2.30. The summed E-state index contributed by atoms with van der Waals surface area (Å²) < 4.78 is 10.4. The quantitative estimate of drug-likeness (QED) is 0.468. The van der Waals surface area contributed by atoms with Gasteiger partial charge >= 0.3 is 0 Å². The van der Waals surface area contributed by atoms with Crippen molar-refractivity contribution in [2.75, 3.05) is 24.9 Å². The van der Waals surface area contributed by atoms with Gasteiger partial charge in [0.2, 0.25) is 0 Å². The average Bonchev–Trinajstić information content (AvgIpc) is 2.56. The molecule has 0 bridgehead atoms. The van der Waals surface area contributed by atoms with Gasteiger partial charge in [0.15, 0.2) is 5.11 Å². The molecule has 0 aliphatic heterocycles. The Morgan fingerprint density at radius 1 is 1.17 bits per heavy atom. The highest BCUT2D eigenvalue weighted by atomic mass is 35.5. The van der Waals surface area contributed by atoms with E-state index in [1.165, 1.54) is 19.2 Å². The van der Waals surface area contributed by atoms with Crippen LogP contribution in [0.3, 0.4) is 0 Å². The van der Waals surface area contributed by atoms with Gasteiger partial charge in [-0.1, -0.05) is 11.6 Å². The Morgan fingerprint density at radius 2 is 1.92 bits per heavy atom. The molecule has 0 aromatic heterocycles. The Balaban J connectivity index is 2.17. The minimum absolute atomic E-state index is 0.0545. The van der Waals surface area contributed by atoms with Gasteiger partial charge in [0.1, 0.15) is 16.5 Å². The largest absolute Gasteiger partial charge is 0.497 e. The van der Waals surface area contributed by atoms with Crippen molar-refractivity contribution in [3.8, 4) is 11.5 Å². The maximum atomic E-state index is 10.9. The maximum Gasteiger partial charge on any atom is 0.289 e. The normalized spacial score (nSPS) is 9.96. The van der Waals surface area contributed by atoms with Crippen LogP contribution in [-0.2, 0) is 0 Å². The molecule has 0 saturated carbocycles. The molecule has 0 aliphatic rings. The third kappa shape index (κ3) is 4.24. The van der Waals surface area contributed by atoms with Crippen molar-refractivity contribution in [2.45, 2.75) is 0 Å². The van der Waals surface area contributed by atoms with E-state index in [1.807, 2.05) is 0 Å². The molecule has 9 heteroatoms. The first-order chi connectivity index (χ1) is 11.4. The molecular weight excluding hydrogens is 354 g/mol. The fraction of sp³-hybridized carbons (Fsp3) is 0.133. The van der Waals surface area contributed by atoms with Gasteiger partial charge in [-0.05, 0) is 36.5 Å². The number of hydrogen-bond acceptors (Lipinski definition) is 5. The summed E-state index contributed by atoms with van der Waals surface area (Å²) in [7, 11) is 3.08. The van der Waals surface area contributed by atoms with E-state index in [2.05, 4.69) is 10.6 Å². The lowest BCUT2D eigenvalue weighted by Crippen LogP contribution is -2.19. The van der Waals surface area contributed by atoms with Crippen LogP contribution < -0.4 is 20.1 Å². The van der Waals surface area contributed by atoms with Crippen molar-refractivity contribution in [2.24, 2.45) is 0 Å². The standard InChI is InChI=1S/C15H14ClN3O4S/c1-22-10-4-6-14(23-2)12(8-10)18-15(24)17-9-3-5-11(16)13(7-9)19(20)21/h3-8H,1-2H3,(H2,17,18,24). The number of nitro groups is 1. The fourth-order valence-electron chi connectivity index (χ4n) is 1.93. The highest BCUT2D eigenvalue weighted by Gasteiger charge is 2.14. The summed E-state index contributed by atoms with van der Waals surface area (Å²) in [4.78, 5) is 10.4. The molecule has 0 aliphatic carbocycles. The van der Waals surface area contributed by atoms with E-state index >= 15 is 0 Å². The van der Waals surface area contributed by atoms with Gasteiger partial charge in [-0.2, -0.15) is 0 Å². The van der Waals surface area contributed by atoms with Crippen molar-refractivity contribution in [3.05, 3.63) is 51.5 Å². The second-order valence-corrected chi connectivity index (χ2v) is 5.38. The summed E-state index contributed by atoms with van der Waals surface area (Å²) in [6, 6.07) is 9.53. The van der Waals surface area contributed by atoms with E-state index in [0.29, 0.717) is 22.9 Å². The molecule has 0 unspecified atom stereocenters. The molecule has 0 atom stereocenters. The number of hydrogen-bond donors (Lipinski definition) is 2. The van der Waals surface area contributed by atoms with E-state index in [1.54, 1.807) is 31.4 Å². The van der Waals surface area contributed by atoms with Crippen molar-refractivity contribution in [1.29, 1.82) is 0 Å². The maximum absolute atomic E-state index is 10.9. The number of nitrogens with one attached hydrogen (secondary N) is 2. The number of nitrogens with zero attached hydrogens (tertiary/aromatic N) is 1. The number of thiocarbonyl (C=S) groups is 1. The van der Waals surface area contributed by atoms with E-state index in [4.69, 9.17) is 33.3 Å². The van der Waals surface area contributed by atoms with Crippen LogP contribution in [0, 0.1) is 10.1 Å². The summed E-state index contributed by atoms with van der Waals surface area (Å²) >= 11 is 11.0. The summed E-state index contributed by atoms with van der Waals surface area (Å²) in [5.41, 5.74) is 0.826. The zero-order valence-electron chi connectivity index (χ0n) is 12.8. The molecule has 2 N–H and O–H groups in total. The minimum atomic E-state index is -0.560. The van der Waals surface area contributed by atoms with Gasteiger partial charge in [0, 0.05) is 17.8 Å². The third-order valence-corrected chi connectivity index (χ3v) is 3.58. The van der Waals surface area contributed by atoms with Gasteiger partial charge in [-0.25, -0.2) is 0 Å². The van der Waals surface area contributed by atoms with E-state index in [9.17, 15) is 10.1 Å². The first-order valence-corrected chi connectivity index (χ1v) is 7.47. The monoisotopic (exact) mass is 367 g/mol. The highest BCUT2D eigenvalue weighted by molar-refractivity contribution is 7.80. The Kier molecular flexibility index (Phi) is 5.78. The van der Waals surface area contributed by atoms with E-state index < -0.39 is 4.92 Å². The van der Waals surface area contributed by atoms with Gasteiger partial charge in [0.25, 0.3) is 5.69 Å². The molecule has 7 nitrogen and oxygen atoms in total. The number of halogens is 1. The molecule has 2 rings (SSSR count). The molecule has 2 aromatic rings. The molecule has 24 heavy (non-hydrogen) atoms. The zero-order valence-corrected chi connectivity index (χ0v) is 14.4. The van der Waals surface area contributed by atoms with Crippen LogP contribution in [0.2, 0.25) is 5.02 Å². The van der Waals surface area contributed by atoms with Crippen molar-refractivity contribution < 1.29 is 14.4 Å². The van der Waals surface area contributed by atoms with Crippen LogP contribution in [0.4, 0.5) is 17.1 Å². The van der Waals surface area contributed by atoms with Crippen LogP contribution in [0.5, 0.6) is 11.5 Å². The zero-order chi connectivity index (χ0) is 17.7. The van der Waals surface area contributed by atoms with Crippen molar-refractivity contribution in [3.63, 3.8) is 0 Å². The molecule has 0 spiro atoms. The van der Waals surface area contributed by atoms with Crippen LogP contribution in [-0.4, -0.2) is 24.3 Å². The molecule has 0 heterocycles. The number of benzene rings is 2. The number of ether oxygens (including phenoxy) is 2. The summed E-state index contributed by atoms with van der Waals surface area (Å²) in [6.45, 7) is 0. The van der Waals surface area contributed by atoms with E-state index in [-0.39, 0.29) is 15.8 Å². The first-order valence-electron chi connectivity index (χ1n) is 6.68. The Morgan fingerprint density at radius 3 is 2.54 bits per heavy atom. The van der Waals surface area contributed by atoms with Gasteiger partial charge in [-0.3, -0.25) is 10.1 Å². The Hall–Kier alpha value is -2.58. The number of methoxy groups -OCH3 is 2. The van der Waals surface area contributed by atoms with Crippen molar-refractivity contribution in [1.82, 2.24) is 0 Å². The van der Waals surface area contributed by atoms with Crippen LogP contribution in [0.15, 0.2) is 36.4 Å². The van der Waals surface area contributed by atoms with Crippen molar-refractivity contribution >= 4 is 46.0 Å². The molecule has 2 aromatic carbocycles. The second kappa shape index (κ2) is 7.80. The lowest BCUT2D eigenvalue weighted by Gasteiger charge is -2.14. The van der Waals surface area contributed by atoms with E-state index in [0.717, 1.165) is 0 Å². The molecule has 126 valence electrons. The lowest BCUT2D eigenvalue weighted by atomic mass is 10.2.